The SMILES string of the molecule is Cc1ccc(O[C@@H](Cc2cccc([N+](=O)[O-])c2)C(=O)O)cc1. The Kier molecular flexibility index (Phi) is 4.73. The maximum Gasteiger partial charge on any atom is 0.345 e. The molecule has 0 radical (unpaired) electrons. The van der Waals surface area contributed by atoms with Crippen LogP contribution in [0, 0.1) is 17.0 Å². The zero-order valence-corrected chi connectivity index (χ0v) is 11.9. The number of non-ortho nitro benzene ring substituents is 1. The van der Waals surface area contributed by atoms with Gasteiger partial charge in [0.2, 0.25) is 0 Å². The number of hydrogen-bond acceptors (Lipinski definition) is 4. The minimum Gasteiger partial charge on any atom is -0.478 e. The summed E-state index contributed by atoms with van der Waals surface area (Å²) in [6.45, 7) is 1.92. The summed E-state index contributed by atoms with van der Waals surface area (Å²) < 4.78 is 5.47. The third-order valence-corrected chi connectivity index (χ3v) is 3.12. The van der Waals surface area contributed by atoms with Crippen LogP contribution < -0.4 is 4.74 Å². The molecule has 6 heteroatoms. The van der Waals surface area contributed by atoms with Crippen molar-refractivity contribution in [1.29, 1.82) is 0 Å². The highest BCUT2D eigenvalue weighted by Gasteiger charge is 2.21. The van der Waals surface area contributed by atoms with Gasteiger partial charge in [-0.05, 0) is 24.6 Å². The Morgan fingerprint density at radius 2 is 1.95 bits per heavy atom. The molecule has 0 aromatic heterocycles. The molecule has 0 saturated heterocycles. The number of rotatable bonds is 6. The van der Waals surface area contributed by atoms with Gasteiger partial charge in [-0.25, -0.2) is 4.79 Å². The number of nitro groups is 1. The molecule has 2 rings (SSSR count). The number of aliphatic carboxylic acids is 1. The van der Waals surface area contributed by atoms with Gasteiger partial charge in [-0.2, -0.15) is 0 Å². The fourth-order valence-electron chi connectivity index (χ4n) is 1.97. The van der Waals surface area contributed by atoms with E-state index in [9.17, 15) is 20.0 Å². The highest BCUT2D eigenvalue weighted by molar-refractivity contribution is 5.73. The van der Waals surface area contributed by atoms with Gasteiger partial charge in [0.05, 0.1) is 4.92 Å². The third-order valence-electron chi connectivity index (χ3n) is 3.12. The van der Waals surface area contributed by atoms with E-state index in [1.165, 1.54) is 18.2 Å². The van der Waals surface area contributed by atoms with Gasteiger partial charge in [0.25, 0.3) is 5.69 Å². The van der Waals surface area contributed by atoms with Gasteiger partial charge >= 0.3 is 5.97 Å². The molecular formula is C16H15NO5. The number of ether oxygens (including phenoxy) is 1. The van der Waals surface area contributed by atoms with Crippen LogP contribution in [0.15, 0.2) is 48.5 Å². The van der Waals surface area contributed by atoms with E-state index in [-0.39, 0.29) is 12.1 Å². The van der Waals surface area contributed by atoms with Crippen LogP contribution in [0.25, 0.3) is 0 Å². The largest absolute Gasteiger partial charge is 0.478 e. The maximum atomic E-state index is 11.3. The Labute approximate surface area is 127 Å². The van der Waals surface area contributed by atoms with Gasteiger partial charge in [-0.1, -0.05) is 29.8 Å². The van der Waals surface area contributed by atoms with Gasteiger partial charge < -0.3 is 9.84 Å². The molecule has 2 aromatic carbocycles. The second-order valence-electron chi connectivity index (χ2n) is 4.89. The molecule has 114 valence electrons. The second kappa shape index (κ2) is 6.71. The Morgan fingerprint density at radius 3 is 2.55 bits per heavy atom. The highest BCUT2D eigenvalue weighted by atomic mass is 16.6. The van der Waals surface area contributed by atoms with Gasteiger partial charge in [0.1, 0.15) is 5.75 Å². The Morgan fingerprint density at radius 1 is 1.27 bits per heavy atom. The lowest BCUT2D eigenvalue weighted by Gasteiger charge is -2.15. The lowest BCUT2D eigenvalue weighted by molar-refractivity contribution is -0.384. The van der Waals surface area contributed by atoms with E-state index < -0.39 is 17.0 Å². The number of hydrogen-bond donors (Lipinski definition) is 1. The van der Waals surface area contributed by atoms with Crippen LogP contribution in [0.4, 0.5) is 5.69 Å². The van der Waals surface area contributed by atoms with E-state index >= 15 is 0 Å². The number of nitro benzene ring substituents is 1. The Hall–Kier alpha value is -2.89. The van der Waals surface area contributed by atoms with E-state index in [1.807, 2.05) is 19.1 Å². The molecule has 0 aliphatic heterocycles. The standard InChI is InChI=1S/C16H15NO5/c1-11-5-7-14(8-6-11)22-15(16(18)19)10-12-3-2-4-13(9-12)17(20)21/h2-9,15H,10H2,1H3,(H,18,19)/t15-/m0/s1. The quantitative estimate of drug-likeness (QED) is 0.654. The molecule has 0 unspecified atom stereocenters. The van der Waals surface area contributed by atoms with E-state index in [2.05, 4.69) is 0 Å². The third kappa shape index (κ3) is 4.05. The second-order valence-corrected chi connectivity index (χ2v) is 4.89. The summed E-state index contributed by atoms with van der Waals surface area (Å²) in [6.07, 6.45) is -1.06. The zero-order chi connectivity index (χ0) is 16.1. The summed E-state index contributed by atoms with van der Waals surface area (Å²) in [5.74, 6) is -0.671. The van der Waals surface area contributed by atoms with Crippen molar-refractivity contribution in [3.8, 4) is 5.75 Å². The first kappa shape index (κ1) is 15.5. The fraction of sp³-hybridized carbons (Fsp3) is 0.188. The van der Waals surface area contributed by atoms with Crippen molar-refractivity contribution in [1.82, 2.24) is 0 Å². The first-order chi connectivity index (χ1) is 10.5. The van der Waals surface area contributed by atoms with E-state index in [4.69, 9.17) is 4.74 Å². The molecule has 0 aliphatic rings. The highest BCUT2D eigenvalue weighted by Crippen LogP contribution is 2.18. The molecule has 0 heterocycles. The predicted octanol–water partition coefficient (Wildman–Crippen LogP) is 2.98. The average Bonchev–Trinajstić information content (AvgIpc) is 2.49. The molecule has 0 saturated carbocycles. The Balaban J connectivity index is 2.15. The van der Waals surface area contributed by atoms with Gasteiger partial charge in [-0.3, -0.25) is 10.1 Å². The number of carboxylic acids is 1. The van der Waals surface area contributed by atoms with Crippen LogP contribution in [0.5, 0.6) is 5.75 Å². The monoisotopic (exact) mass is 301 g/mol. The number of nitrogens with zero attached hydrogens (tertiary/aromatic N) is 1. The predicted molar refractivity (Wildman–Crippen MR) is 80.0 cm³/mol. The average molecular weight is 301 g/mol. The first-order valence-corrected chi connectivity index (χ1v) is 6.65. The van der Waals surface area contributed by atoms with Crippen molar-refractivity contribution < 1.29 is 19.6 Å². The maximum absolute atomic E-state index is 11.3. The zero-order valence-electron chi connectivity index (χ0n) is 11.9. The molecular weight excluding hydrogens is 286 g/mol. The molecule has 0 aliphatic carbocycles. The summed E-state index contributed by atoms with van der Waals surface area (Å²) >= 11 is 0. The summed E-state index contributed by atoms with van der Waals surface area (Å²) in [4.78, 5) is 21.6. The van der Waals surface area contributed by atoms with Crippen molar-refractivity contribution in [3.63, 3.8) is 0 Å². The van der Waals surface area contributed by atoms with Crippen LogP contribution in [-0.2, 0) is 11.2 Å². The van der Waals surface area contributed by atoms with E-state index in [0.29, 0.717) is 11.3 Å². The summed E-state index contributed by atoms with van der Waals surface area (Å²) in [5, 5.41) is 20.0. The van der Waals surface area contributed by atoms with Gasteiger partial charge in [0, 0.05) is 18.6 Å². The fourth-order valence-corrected chi connectivity index (χ4v) is 1.97. The first-order valence-electron chi connectivity index (χ1n) is 6.65. The van der Waals surface area contributed by atoms with Gasteiger partial charge in [0.15, 0.2) is 6.10 Å². The smallest absolute Gasteiger partial charge is 0.345 e. The van der Waals surface area contributed by atoms with Crippen molar-refractivity contribution in [2.75, 3.05) is 0 Å². The molecule has 0 bridgehead atoms. The number of aryl methyl sites for hydroxylation is 1. The van der Waals surface area contributed by atoms with Crippen LogP contribution in [0.3, 0.4) is 0 Å². The molecule has 2 aromatic rings. The van der Waals surface area contributed by atoms with Crippen molar-refractivity contribution in [3.05, 3.63) is 69.8 Å². The molecule has 0 amide bonds. The van der Waals surface area contributed by atoms with Crippen molar-refractivity contribution in [2.24, 2.45) is 0 Å². The summed E-state index contributed by atoms with van der Waals surface area (Å²) in [5.41, 5.74) is 1.50. The van der Waals surface area contributed by atoms with Crippen LogP contribution in [0.1, 0.15) is 11.1 Å². The topological polar surface area (TPSA) is 89.7 Å². The lowest BCUT2D eigenvalue weighted by atomic mass is 10.1. The molecule has 0 fully saturated rings. The number of carbonyl (C=O) groups is 1. The van der Waals surface area contributed by atoms with E-state index in [1.54, 1.807) is 18.2 Å². The molecule has 1 N–H and O–H groups in total. The normalized spacial score (nSPS) is 11.7. The van der Waals surface area contributed by atoms with Crippen molar-refractivity contribution >= 4 is 11.7 Å². The van der Waals surface area contributed by atoms with Crippen LogP contribution >= 0.6 is 0 Å². The van der Waals surface area contributed by atoms with E-state index in [0.717, 1.165) is 5.56 Å². The number of benzene rings is 2. The summed E-state index contributed by atoms with van der Waals surface area (Å²) in [6, 6.07) is 12.9. The van der Waals surface area contributed by atoms with Gasteiger partial charge in [-0.15, -0.1) is 0 Å². The minimum absolute atomic E-state index is 0.0465. The summed E-state index contributed by atoms with van der Waals surface area (Å²) in [7, 11) is 0. The number of carboxylic acid groups (broad SMARTS) is 1. The molecule has 0 spiro atoms. The minimum atomic E-state index is -1.12. The molecule has 1 atom stereocenters. The van der Waals surface area contributed by atoms with Crippen LogP contribution in [0.2, 0.25) is 0 Å². The van der Waals surface area contributed by atoms with Crippen LogP contribution in [-0.4, -0.2) is 22.1 Å². The molecule has 22 heavy (non-hydrogen) atoms. The van der Waals surface area contributed by atoms with Crippen molar-refractivity contribution in [2.45, 2.75) is 19.4 Å². The lowest BCUT2D eigenvalue weighted by Crippen LogP contribution is -2.29. The molecule has 6 nitrogen and oxygen atoms in total. The Bertz CT molecular complexity index is 681.